The zero-order valence-electron chi connectivity index (χ0n) is 11.3. The van der Waals surface area contributed by atoms with Crippen molar-refractivity contribution in [1.29, 1.82) is 0 Å². The highest BCUT2D eigenvalue weighted by molar-refractivity contribution is 7.99. The first kappa shape index (κ1) is 13.7. The quantitative estimate of drug-likeness (QED) is 0.429. The summed E-state index contributed by atoms with van der Waals surface area (Å²) in [5.74, 6) is 1.38. The minimum absolute atomic E-state index is 0.520. The highest BCUT2D eigenvalue weighted by Gasteiger charge is 2.04. The topological polar surface area (TPSA) is 55.0 Å². The molecular weight excluding hydrogens is 284 g/mol. The van der Waals surface area contributed by atoms with Gasteiger partial charge in [-0.1, -0.05) is 36.0 Å². The third-order valence-electron chi connectivity index (χ3n) is 2.99. The molecule has 0 saturated carbocycles. The molecule has 0 atom stereocenters. The summed E-state index contributed by atoms with van der Waals surface area (Å²) in [6.07, 6.45) is 0.807. The van der Waals surface area contributed by atoms with Crippen LogP contribution in [0, 0.1) is 0 Å². The number of H-pyrrole nitrogens is 1. The van der Waals surface area contributed by atoms with Crippen LogP contribution in [-0.4, -0.2) is 28.6 Å². The van der Waals surface area contributed by atoms with Gasteiger partial charge in [0, 0.05) is 5.75 Å². The fraction of sp³-hybridized carbons (Fsp3) is 0.125. The molecule has 3 aromatic rings. The number of ether oxygens (including phenoxy) is 1. The molecule has 0 amide bonds. The van der Waals surface area contributed by atoms with Crippen LogP contribution in [0.1, 0.15) is 10.4 Å². The first-order valence-corrected chi connectivity index (χ1v) is 7.60. The largest absolute Gasteiger partial charge is 0.492 e. The Balaban J connectivity index is 1.55. The molecule has 5 heteroatoms. The number of fused-ring (bicyclic) bond motifs is 1. The van der Waals surface area contributed by atoms with Gasteiger partial charge in [0.15, 0.2) is 11.4 Å². The lowest BCUT2D eigenvalue weighted by atomic mass is 10.2. The second kappa shape index (κ2) is 6.45. The maximum absolute atomic E-state index is 10.9. The minimum atomic E-state index is 0.520. The van der Waals surface area contributed by atoms with E-state index in [2.05, 4.69) is 9.97 Å². The number of nitrogens with zero attached hydrogens (tertiary/aromatic N) is 1. The van der Waals surface area contributed by atoms with E-state index in [4.69, 9.17) is 4.74 Å². The van der Waals surface area contributed by atoms with E-state index in [1.165, 1.54) is 0 Å². The summed E-state index contributed by atoms with van der Waals surface area (Å²) in [5.41, 5.74) is 2.57. The molecule has 0 radical (unpaired) electrons. The van der Waals surface area contributed by atoms with E-state index in [-0.39, 0.29) is 0 Å². The van der Waals surface area contributed by atoms with Gasteiger partial charge in [-0.3, -0.25) is 4.79 Å². The Morgan fingerprint density at radius 2 is 1.95 bits per heavy atom. The predicted octanol–water partition coefficient (Wildman–Crippen LogP) is 3.55. The molecule has 0 fully saturated rings. The van der Waals surface area contributed by atoms with Crippen LogP contribution in [0.15, 0.2) is 53.7 Å². The molecule has 21 heavy (non-hydrogen) atoms. The average Bonchev–Trinajstić information content (AvgIpc) is 2.94. The fourth-order valence-electron chi connectivity index (χ4n) is 2.00. The van der Waals surface area contributed by atoms with Crippen LogP contribution in [0.4, 0.5) is 0 Å². The average molecular weight is 298 g/mol. The van der Waals surface area contributed by atoms with Crippen molar-refractivity contribution in [2.75, 3.05) is 12.4 Å². The van der Waals surface area contributed by atoms with Gasteiger partial charge in [-0.05, 0) is 24.3 Å². The lowest BCUT2D eigenvalue weighted by Gasteiger charge is -2.06. The maximum Gasteiger partial charge on any atom is 0.166 e. The van der Waals surface area contributed by atoms with Crippen LogP contribution >= 0.6 is 11.8 Å². The summed E-state index contributed by atoms with van der Waals surface area (Å²) in [5, 5.41) is 0.878. The number of imidazole rings is 1. The van der Waals surface area contributed by atoms with Crippen molar-refractivity contribution >= 4 is 29.1 Å². The number of hydrogen-bond acceptors (Lipinski definition) is 4. The molecule has 0 aliphatic carbocycles. The van der Waals surface area contributed by atoms with Crippen LogP contribution in [0.2, 0.25) is 0 Å². The predicted molar refractivity (Wildman–Crippen MR) is 84.1 cm³/mol. The molecule has 1 aromatic heterocycles. The number of carbonyl (C=O) groups is 1. The molecular formula is C16H14N2O2S. The molecule has 0 bridgehead atoms. The Morgan fingerprint density at radius 1 is 1.14 bits per heavy atom. The lowest BCUT2D eigenvalue weighted by Crippen LogP contribution is -2.02. The zero-order chi connectivity index (χ0) is 14.5. The molecule has 0 unspecified atom stereocenters. The number of rotatable bonds is 6. The van der Waals surface area contributed by atoms with E-state index in [9.17, 15) is 4.79 Å². The van der Waals surface area contributed by atoms with Crippen molar-refractivity contribution in [2.24, 2.45) is 0 Å². The van der Waals surface area contributed by atoms with E-state index in [1.54, 1.807) is 23.9 Å². The van der Waals surface area contributed by atoms with Crippen molar-refractivity contribution in [1.82, 2.24) is 9.97 Å². The normalized spacial score (nSPS) is 10.7. The number of hydrogen-bond donors (Lipinski definition) is 1. The highest BCUT2D eigenvalue weighted by Crippen LogP contribution is 2.20. The van der Waals surface area contributed by atoms with Crippen molar-refractivity contribution in [3.63, 3.8) is 0 Å². The summed E-state index contributed by atoms with van der Waals surface area (Å²) in [7, 11) is 0. The van der Waals surface area contributed by atoms with Gasteiger partial charge in [0.1, 0.15) is 5.75 Å². The Bertz CT molecular complexity index is 722. The minimum Gasteiger partial charge on any atom is -0.492 e. The fourth-order valence-corrected chi connectivity index (χ4v) is 2.70. The van der Waals surface area contributed by atoms with Crippen LogP contribution in [0.5, 0.6) is 5.75 Å². The molecule has 4 nitrogen and oxygen atoms in total. The van der Waals surface area contributed by atoms with E-state index in [0.29, 0.717) is 17.9 Å². The summed E-state index contributed by atoms with van der Waals surface area (Å²) in [4.78, 5) is 18.6. The van der Waals surface area contributed by atoms with Crippen LogP contribution in [0.25, 0.3) is 11.0 Å². The number of nitrogens with one attached hydrogen (secondary N) is 1. The van der Waals surface area contributed by atoms with Crippen LogP contribution in [-0.2, 0) is 0 Å². The first-order valence-electron chi connectivity index (χ1n) is 6.61. The van der Waals surface area contributed by atoms with Gasteiger partial charge in [-0.25, -0.2) is 4.98 Å². The molecule has 0 aliphatic rings. The molecule has 0 spiro atoms. The number of para-hydroxylation sites is 3. The number of benzene rings is 2. The number of aldehydes is 1. The van der Waals surface area contributed by atoms with E-state index >= 15 is 0 Å². The molecule has 2 aromatic carbocycles. The van der Waals surface area contributed by atoms with Gasteiger partial charge in [0.25, 0.3) is 0 Å². The van der Waals surface area contributed by atoms with Gasteiger partial charge < -0.3 is 9.72 Å². The van der Waals surface area contributed by atoms with Gasteiger partial charge >= 0.3 is 0 Å². The van der Waals surface area contributed by atoms with Crippen molar-refractivity contribution in [3.8, 4) is 5.75 Å². The Hall–Kier alpha value is -2.27. The molecule has 1 heterocycles. The molecule has 3 rings (SSSR count). The van der Waals surface area contributed by atoms with E-state index < -0.39 is 0 Å². The van der Waals surface area contributed by atoms with E-state index in [1.807, 2.05) is 36.4 Å². The smallest absolute Gasteiger partial charge is 0.166 e. The Labute approximate surface area is 126 Å². The summed E-state index contributed by atoms with van der Waals surface area (Å²) < 4.78 is 5.63. The van der Waals surface area contributed by atoms with Gasteiger partial charge in [0.2, 0.25) is 0 Å². The standard InChI is InChI=1S/C16H14N2O2S/c19-11-12-5-1-4-8-15(12)20-9-10-21-16-17-13-6-2-3-7-14(13)18-16/h1-8,11H,9-10H2,(H,17,18). The Morgan fingerprint density at radius 3 is 2.81 bits per heavy atom. The van der Waals surface area contributed by atoms with Crippen molar-refractivity contribution < 1.29 is 9.53 Å². The lowest BCUT2D eigenvalue weighted by molar-refractivity contribution is 0.112. The van der Waals surface area contributed by atoms with Crippen LogP contribution < -0.4 is 4.74 Å². The number of carbonyl (C=O) groups excluding carboxylic acids is 1. The molecule has 0 aliphatic heterocycles. The van der Waals surface area contributed by atoms with Crippen LogP contribution in [0.3, 0.4) is 0 Å². The summed E-state index contributed by atoms with van der Waals surface area (Å²) in [6, 6.07) is 15.2. The molecule has 0 saturated heterocycles. The second-order valence-corrected chi connectivity index (χ2v) is 5.50. The Kier molecular flexibility index (Phi) is 4.21. The number of aromatic nitrogens is 2. The third-order valence-corrected chi connectivity index (χ3v) is 3.83. The SMILES string of the molecule is O=Cc1ccccc1OCCSc1nc2ccccc2[nH]1. The van der Waals surface area contributed by atoms with Gasteiger partial charge in [-0.15, -0.1) is 0 Å². The van der Waals surface area contributed by atoms with Gasteiger partial charge in [0.05, 0.1) is 23.2 Å². The van der Waals surface area contributed by atoms with Gasteiger partial charge in [-0.2, -0.15) is 0 Å². The zero-order valence-corrected chi connectivity index (χ0v) is 12.1. The first-order chi connectivity index (χ1) is 10.4. The number of thioether (sulfide) groups is 1. The molecule has 106 valence electrons. The maximum atomic E-state index is 10.9. The van der Waals surface area contributed by atoms with Crippen molar-refractivity contribution in [2.45, 2.75) is 5.16 Å². The summed E-state index contributed by atoms with van der Waals surface area (Å²) in [6.45, 7) is 0.520. The molecule has 1 N–H and O–H groups in total. The summed E-state index contributed by atoms with van der Waals surface area (Å²) >= 11 is 1.60. The highest BCUT2D eigenvalue weighted by atomic mass is 32.2. The number of aromatic amines is 1. The third kappa shape index (κ3) is 3.25. The second-order valence-electron chi connectivity index (χ2n) is 4.41. The monoisotopic (exact) mass is 298 g/mol. The van der Waals surface area contributed by atoms with E-state index in [0.717, 1.165) is 28.2 Å². The van der Waals surface area contributed by atoms with Crippen molar-refractivity contribution in [3.05, 3.63) is 54.1 Å².